The summed E-state index contributed by atoms with van der Waals surface area (Å²) in [6.45, 7) is 3.87. The van der Waals surface area contributed by atoms with Crippen molar-refractivity contribution >= 4 is 28.3 Å². The molecule has 6 nitrogen and oxygen atoms in total. The Morgan fingerprint density at radius 1 is 1.16 bits per heavy atom. The van der Waals surface area contributed by atoms with Crippen LogP contribution in [-0.4, -0.2) is 4.92 Å². The Morgan fingerprint density at radius 2 is 1.88 bits per heavy atom. The number of aryl methyl sites for hydroxylation is 2. The van der Waals surface area contributed by atoms with Gasteiger partial charge in [0.1, 0.15) is 12.2 Å². The highest BCUT2D eigenvalue weighted by atomic mass is 35.5. The summed E-state index contributed by atoms with van der Waals surface area (Å²) in [6.07, 6.45) is 0. The molecule has 0 saturated heterocycles. The summed E-state index contributed by atoms with van der Waals surface area (Å²) in [5, 5.41) is 12.1. The molecule has 0 unspecified atom stereocenters. The van der Waals surface area contributed by atoms with Gasteiger partial charge in [0, 0.05) is 28.1 Å². The van der Waals surface area contributed by atoms with E-state index in [0.29, 0.717) is 11.1 Å². The summed E-state index contributed by atoms with van der Waals surface area (Å²) in [5.41, 5.74) is 2.37. The number of hydrogen-bond donors (Lipinski definition) is 0. The maximum Gasteiger partial charge on any atom is 0.336 e. The Morgan fingerprint density at radius 3 is 2.60 bits per heavy atom. The highest BCUT2D eigenvalue weighted by Crippen LogP contribution is 2.31. The number of hydrogen-bond acceptors (Lipinski definition) is 5. The molecular weight excluding hydrogens is 346 g/mol. The first-order valence-corrected chi connectivity index (χ1v) is 7.83. The summed E-state index contributed by atoms with van der Waals surface area (Å²) in [7, 11) is 0. The minimum absolute atomic E-state index is 0.00687. The first kappa shape index (κ1) is 17.0. The van der Waals surface area contributed by atoms with Crippen molar-refractivity contribution < 1.29 is 14.1 Å². The van der Waals surface area contributed by atoms with Crippen LogP contribution in [0.5, 0.6) is 5.75 Å². The van der Waals surface area contributed by atoms with Crippen molar-refractivity contribution in [3.8, 4) is 5.75 Å². The van der Waals surface area contributed by atoms with E-state index in [2.05, 4.69) is 0 Å². The molecule has 2 aromatic carbocycles. The molecule has 0 amide bonds. The molecular formula is C18H14ClNO5. The Kier molecular flexibility index (Phi) is 4.46. The van der Waals surface area contributed by atoms with Crippen LogP contribution in [0.25, 0.3) is 11.0 Å². The SMILES string of the molecule is Cc1cc2oc(=O)cc(COc3ccc(Cl)cc3[N+](=O)[O-])c2cc1C. The summed E-state index contributed by atoms with van der Waals surface area (Å²) in [5.74, 6) is 0.0830. The van der Waals surface area contributed by atoms with Crippen LogP contribution in [0.1, 0.15) is 16.7 Å². The van der Waals surface area contributed by atoms with Gasteiger partial charge in [-0.3, -0.25) is 10.1 Å². The van der Waals surface area contributed by atoms with Crippen molar-refractivity contribution in [2.24, 2.45) is 0 Å². The van der Waals surface area contributed by atoms with Crippen LogP contribution in [0.15, 0.2) is 45.6 Å². The van der Waals surface area contributed by atoms with E-state index in [1.807, 2.05) is 19.9 Å². The average Bonchev–Trinajstić information content (AvgIpc) is 2.55. The molecule has 1 heterocycles. The summed E-state index contributed by atoms with van der Waals surface area (Å²) in [6, 6.07) is 9.20. The Hall–Kier alpha value is -2.86. The topological polar surface area (TPSA) is 82.6 Å². The van der Waals surface area contributed by atoms with Gasteiger partial charge in [0.2, 0.25) is 0 Å². The summed E-state index contributed by atoms with van der Waals surface area (Å²) < 4.78 is 10.8. The van der Waals surface area contributed by atoms with Gasteiger partial charge >= 0.3 is 11.3 Å². The van der Waals surface area contributed by atoms with Crippen molar-refractivity contribution in [3.63, 3.8) is 0 Å². The van der Waals surface area contributed by atoms with Crippen LogP contribution in [0.4, 0.5) is 5.69 Å². The first-order chi connectivity index (χ1) is 11.8. The van der Waals surface area contributed by atoms with Gasteiger partial charge in [-0.2, -0.15) is 0 Å². The first-order valence-electron chi connectivity index (χ1n) is 7.46. The molecule has 25 heavy (non-hydrogen) atoms. The zero-order valence-electron chi connectivity index (χ0n) is 13.5. The van der Waals surface area contributed by atoms with Crippen LogP contribution in [0.2, 0.25) is 5.02 Å². The molecule has 0 bridgehead atoms. The number of benzene rings is 2. The normalized spacial score (nSPS) is 10.8. The van der Waals surface area contributed by atoms with Gasteiger partial charge < -0.3 is 9.15 Å². The molecule has 0 atom stereocenters. The monoisotopic (exact) mass is 359 g/mol. The molecule has 0 aliphatic carbocycles. The number of nitro groups is 1. The maximum absolute atomic E-state index is 11.8. The van der Waals surface area contributed by atoms with E-state index >= 15 is 0 Å². The molecule has 0 N–H and O–H groups in total. The van der Waals surface area contributed by atoms with Gasteiger partial charge in [-0.1, -0.05) is 11.6 Å². The van der Waals surface area contributed by atoms with Crippen LogP contribution < -0.4 is 10.4 Å². The maximum atomic E-state index is 11.8. The number of nitro benzene ring substituents is 1. The zero-order chi connectivity index (χ0) is 18.1. The number of rotatable bonds is 4. The van der Waals surface area contributed by atoms with E-state index in [9.17, 15) is 14.9 Å². The minimum Gasteiger partial charge on any atom is -0.482 e. The number of nitrogens with zero attached hydrogens (tertiary/aromatic N) is 1. The number of halogens is 1. The lowest BCUT2D eigenvalue weighted by atomic mass is 10.0. The van der Waals surface area contributed by atoms with E-state index in [0.717, 1.165) is 16.5 Å². The molecule has 0 radical (unpaired) electrons. The van der Waals surface area contributed by atoms with Crippen LogP contribution in [0, 0.1) is 24.0 Å². The van der Waals surface area contributed by atoms with Crippen molar-refractivity contribution in [2.75, 3.05) is 0 Å². The lowest BCUT2D eigenvalue weighted by Gasteiger charge is -2.10. The third-order valence-corrected chi connectivity index (χ3v) is 4.18. The second kappa shape index (κ2) is 6.57. The van der Waals surface area contributed by atoms with Crippen molar-refractivity contribution in [1.29, 1.82) is 0 Å². The van der Waals surface area contributed by atoms with Crippen molar-refractivity contribution in [2.45, 2.75) is 20.5 Å². The standard InChI is InChI=1S/C18H14ClNO5/c1-10-5-14-12(7-18(21)25-17(14)6-11(10)2)9-24-16-4-3-13(19)8-15(16)20(22)23/h3-8H,9H2,1-2H3. The zero-order valence-corrected chi connectivity index (χ0v) is 14.3. The van der Waals surface area contributed by atoms with Gasteiger partial charge in [0.05, 0.1) is 4.92 Å². The molecule has 0 aliphatic rings. The highest BCUT2D eigenvalue weighted by Gasteiger charge is 2.17. The van der Waals surface area contributed by atoms with E-state index in [4.69, 9.17) is 20.8 Å². The molecule has 3 rings (SSSR count). The van der Waals surface area contributed by atoms with Gasteiger partial charge in [-0.05, 0) is 49.2 Å². The second-order valence-electron chi connectivity index (χ2n) is 5.68. The molecule has 3 aromatic rings. The van der Waals surface area contributed by atoms with Crippen molar-refractivity contribution in [3.05, 3.63) is 78.6 Å². The van der Waals surface area contributed by atoms with Crippen molar-refractivity contribution in [1.82, 2.24) is 0 Å². The Bertz CT molecular complexity index is 1040. The molecule has 128 valence electrons. The van der Waals surface area contributed by atoms with E-state index in [-0.39, 0.29) is 23.1 Å². The summed E-state index contributed by atoms with van der Waals surface area (Å²) in [4.78, 5) is 22.4. The molecule has 0 spiro atoms. The predicted molar refractivity (Wildman–Crippen MR) is 94.4 cm³/mol. The predicted octanol–water partition coefficient (Wildman–Crippen LogP) is 4.55. The van der Waals surface area contributed by atoms with Gasteiger partial charge in [-0.25, -0.2) is 4.79 Å². The van der Waals surface area contributed by atoms with E-state index < -0.39 is 10.5 Å². The second-order valence-corrected chi connectivity index (χ2v) is 6.12. The van der Waals surface area contributed by atoms with Crippen LogP contribution in [-0.2, 0) is 6.61 Å². The molecule has 0 fully saturated rings. The molecule has 7 heteroatoms. The molecule has 1 aromatic heterocycles. The Labute approximate surface area is 147 Å². The lowest BCUT2D eigenvalue weighted by Crippen LogP contribution is -2.05. The third-order valence-electron chi connectivity index (χ3n) is 3.95. The quantitative estimate of drug-likeness (QED) is 0.387. The third kappa shape index (κ3) is 3.49. The Balaban J connectivity index is 2.01. The molecule has 0 saturated carbocycles. The smallest absolute Gasteiger partial charge is 0.336 e. The fourth-order valence-corrected chi connectivity index (χ4v) is 2.68. The van der Waals surface area contributed by atoms with Crippen LogP contribution in [0.3, 0.4) is 0 Å². The number of ether oxygens (including phenoxy) is 1. The van der Waals surface area contributed by atoms with E-state index in [1.54, 1.807) is 6.07 Å². The fraction of sp³-hybridized carbons (Fsp3) is 0.167. The van der Waals surface area contributed by atoms with Crippen LogP contribution >= 0.6 is 11.6 Å². The highest BCUT2D eigenvalue weighted by molar-refractivity contribution is 6.30. The van der Waals surface area contributed by atoms with Gasteiger partial charge in [0.15, 0.2) is 5.75 Å². The fourth-order valence-electron chi connectivity index (χ4n) is 2.51. The lowest BCUT2D eigenvalue weighted by molar-refractivity contribution is -0.385. The minimum atomic E-state index is -0.563. The van der Waals surface area contributed by atoms with E-state index in [1.165, 1.54) is 24.3 Å². The average molecular weight is 360 g/mol. The van der Waals surface area contributed by atoms with Gasteiger partial charge in [-0.15, -0.1) is 0 Å². The largest absolute Gasteiger partial charge is 0.482 e. The van der Waals surface area contributed by atoms with Gasteiger partial charge in [0.25, 0.3) is 0 Å². The number of fused-ring (bicyclic) bond motifs is 1. The molecule has 0 aliphatic heterocycles. The summed E-state index contributed by atoms with van der Waals surface area (Å²) >= 11 is 5.80.